The molecule has 142 valence electrons. The zero-order chi connectivity index (χ0) is 20.0. The van der Waals surface area contributed by atoms with Crippen molar-refractivity contribution in [2.45, 2.75) is 34.1 Å². The Balaban J connectivity index is 1.80. The van der Waals surface area contributed by atoms with Gasteiger partial charge in [-0.25, -0.2) is 0 Å². The van der Waals surface area contributed by atoms with Crippen LogP contribution in [0.3, 0.4) is 0 Å². The molecule has 0 bridgehead atoms. The molecule has 28 heavy (non-hydrogen) atoms. The summed E-state index contributed by atoms with van der Waals surface area (Å²) in [6.07, 6.45) is 2.69. The van der Waals surface area contributed by atoms with E-state index >= 15 is 0 Å². The van der Waals surface area contributed by atoms with Crippen LogP contribution in [-0.2, 0) is 11.2 Å². The van der Waals surface area contributed by atoms with Crippen LogP contribution in [0.25, 0.3) is 11.8 Å². The van der Waals surface area contributed by atoms with Gasteiger partial charge in [-0.2, -0.15) is 15.1 Å². The van der Waals surface area contributed by atoms with E-state index in [4.69, 9.17) is 5.41 Å². The molecule has 1 aromatic heterocycles. The van der Waals surface area contributed by atoms with Crippen molar-refractivity contribution in [1.82, 2.24) is 9.58 Å². The van der Waals surface area contributed by atoms with Crippen LogP contribution in [0, 0.1) is 19.3 Å². The van der Waals surface area contributed by atoms with E-state index in [1.165, 1.54) is 22.3 Å². The number of hydrogen-bond donors (Lipinski definition) is 1. The Bertz CT molecular complexity index is 1110. The van der Waals surface area contributed by atoms with Gasteiger partial charge in [-0.1, -0.05) is 25.1 Å². The van der Waals surface area contributed by atoms with E-state index in [2.05, 4.69) is 40.6 Å². The number of para-hydroxylation sites is 1. The molecule has 1 aromatic carbocycles. The maximum atomic E-state index is 12.5. The number of thioether (sulfide) groups is 1. The third-order valence-corrected chi connectivity index (χ3v) is 5.76. The fourth-order valence-electron chi connectivity index (χ4n) is 3.58. The molecule has 6 nitrogen and oxygen atoms in total. The van der Waals surface area contributed by atoms with Crippen molar-refractivity contribution in [3.8, 4) is 5.69 Å². The van der Waals surface area contributed by atoms with Gasteiger partial charge in [-0.15, -0.1) is 0 Å². The Hall–Kier alpha value is -2.93. The molecule has 1 amide bonds. The number of nitrogens with one attached hydrogen (secondary N) is 1. The van der Waals surface area contributed by atoms with Gasteiger partial charge in [0.05, 0.1) is 10.6 Å². The Morgan fingerprint density at radius 1 is 1.21 bits per heavy atom. The van der Waals surface area contributed by atoms with Crippen LogP contribution >= 0.6 is 11.8 Å². The fraction of sp³-hybridized carbons (Fsp3) is 0.238. The molecule has 0 fully saturated rings. The minimum Gasteiger partial charge on any atom is -0.318 e. The highest BCUT2D eigenvalue weighted by molar-refractivity contribution is 8.26. The highest BCUT2D eigenvalue weighted by Crippen LogP contribution is 2.30. The van der Waals surface area contributed by atoms with Crippen LogP contribution in [-0.4, -0.2) is 31.5 Å². The smallest absolute Gasteiger partial charge is 0.283 e. The summed E-state index contributed by atoms with van der Waals surface area (Å²) in [5.74, 6) is -0.328. The summed E-state index contributed by atoms with van der Waals surface area (Å²) in [5.41, 5.74) is 5.67. The number of fused-ring (bicyclic) bond motifs is 1. The fourth-order valence-corrected chi connectivity index (χ4v) is 4.31. The third kappa shape index (κ3) is 2.92. The van der Waals surface area contributed by atoms with Gasteiger partial charge in [-0.05, 0) is 68.3 Å². The summed E-state index contributed by atoms with van der Waals surface area (Å²) in [6.45, 7) is 8.07. The van der Waals surface area contributed by atoms with Crippen LogP contribution in [0.4, 0.5) is 0 Å². The van der Waals surface area contributed by atoms with Gasteiger partial charge in [-0.3, -0.25) is 10.2 Å². The number of hydrazone groups is 1. The zero-order valence-electron chi connectivity index (χ0n) is 16.3. The summed E-state index contributed by atoms with van der Waals surface area (Å²) >= 11 is 1.31. The lowest BCUT2D eigenvalue weighted by atomic mass is 10.1. The number of carbonyl (C=O) groups excluding carboxylic acids is 1. The minimum atomic E-state index is -0.396. The van der Waals surface area contributed by atoms with Crippen molar-refractivity contribution in [3.63, 3.8) is 0 Å². The van der Waals surface area contributed by atoms with Crippen molar-refractivity contribution < 1.29 is 4.79 Å². The van der Waals surface area contributed by atoms with Crippen LogP contribution in [0.1, 0.15) is 36.4 Å². The van der Waals surface area contributed by atoms with E-state index in [0.29, 0.717) is 5.17 Å². The predicted molar refractivity (Wildman–Crippen MR) is 115 cm³/mol. The molecule has 0 saturated heterocycles. The van der Waals surface area contributed by atoms with Crippen LogP contribution in [0.2, 0.25) is 0 Å². The quantitative estimate of drug-likeness (QED) is 0.793. The number of aromatic nitrogens is 1. The van der Waals surface area contributed by atoms with Gasteiger partial charge in [0.25, 0.3) is 5.91 Å². The number of aliphatic imine (C=N–C) groups is 1. The SMILES string of the molecule is CCc1ccccc1-n1c(C)cc(/C=C2/C(=N)N3N=C(C)SC3=NC2=O)c1C. The first-order valence-corrected chi connectivity index (χ1v) is 9.96. The van der Waals surface area contributed by atoms with E-state index in [1.54, 1.807) is 6.08 Å². The molecule has 4 rings (SSSR count). The van der Waals surface area contributed by atoms with Crippen molar-refractivity contribution in [2.75, 3.05) is 0 Å². The standard InChI is InChI=1S/C21H21N5OS/c1-5-15-8-6-7-9-18(15)25-12(2)10-16(13(25)3)11-17-19(22)26-21(23-20(17)27)28-14(4)24-26/h6-11,22H,5H2,1-4H3/b17-11-,22-19?. The number of aryl methyl sites for hydroxylation is 2. The van der Waals surface area contributed by atoms with Crippen molar-refractivity contribution in [1.29, 1.82) is 5.41 Å². The highest BCUT2D eigenvalue weighted by atomic mass is 32.2. The Kier molecular flexibility index (Phi) is 4.55. The van der Waals surface area contributed by atoms with E-state index in [0.717, 1.165) is 34.1 Å². The molecular formula is C21H21N5OS. The van der Waals surface area contributed by atoms with Gasteiger partial charge in [0.15, 0.2) is 5.84 Å². The normalized spacial score (nSPS) is 17.9. The molecule has 2 aliphatic heterocycles. The lowest BCUT2D eigenvalue weighted by Crippen LogP contribution is -2.35. The van der Waals surface area contributed by atoms with Gasteiger partial charge < -0.3 is 4.57 Å². The van der Waals surface area contributed by atoms with Crippen molar-refractivity contribution >= 4 is 39.8 Å². The van der Waals surface area contributed by atoms with Gasteiger partial charge in [0.1, 0.15) is 0 Å². The second kappa shape index (κ2) is 6.91. The molecule has 1 N–H and O–H groups in total. The molecule has 7 heteroatoms. The third-order valence-electron chi connectivity index (χ3n) is 4.94. The van der Waals surface area contributed by atoms with Crippen LogP contribution in [0.5, 0.6) is 0 Å². The first kappa shape index (κ1) is 18.4. The summed E-state index contributed by atoms with van der Waals surface area (Å²) in [6, 6.07) is 10.4. The van der Waals surface area contributed by atoms with Crippen molar-refractivity contribution in [2.24, 2.45) is 10.1 Å². The lowest BCUT2D eigenvalue weighted by molar-refractivity contribution is -0.114. The Morgan fingerprint density at radius 2 is 1.96 bits per heavy atom. The van der Waals surface area contributed by atoms with E-state index < -0.39 is 5.91 Å². The lowest BCUT2D eigenvalue weighted by Gasteiger charge is -2.20. The summed E-state index contributed by atoms with van der Waals surface area (Å²) in [5, 5.41) is 15.4. The Morgan fingerprint density at radius 3 is 2.71 bits per heavy atom. The van der Waals surface area contributed by atoms with Crippen LogP contribution < -0.4 is 0 Å². The maximum Gasteiger partial charge on any atom is 0.283 e. The van der Waals surface area contributed by atoms with Gasteiger partial charge in [0, 0.05) is 17.1 Å². The number of amides is 1. The molecule has 3 heterocycles. The molecule has 2 aromatic rings. The molecule has 0 spiro atoms. The second-order valence-corrected chi connectivity index (χ2v) is 7.94. The molecule has 2 aliphatic rings. The molecule has 0 aliphatic carbocycles. The zero-order valence-corrected chi connectivity index (χ0v) is 17.1. The summed E-state index contributed by atoms with van der Waals surface area (Å²) in [4.78, 5) is 16.6. The average molecular weight is 392 g/mol. The molecular weight excluding hydrogens is 370 g/mol. The maximum absolute atomic E-state index is 12.5. The summed E-state index contributed by atoms with van der Waals surface area (Å²) < 4.78 is 2.20. The van der Waals surface area contributed by atoms with Crippen LogP contribution in [0.15, 0.2) is 46.0 Å². The molecule has 0 atom stereocenters. The molecule has 0 unspecified atom stereocenters. The number of rotatable bonds is 3. The van der Waals surface area contributed by atoms with E-state index in [1.807, 2.05) is 32.0 Å². The average Bonchev–Trinajstić information content (AvgIpc) is 3.17. The molecule has 0 radical (unpaired) electrons. The van der Waals surface area contributed by atoms with E-state index in [9.17, 15) is 4.79 Å². The van der Waals surface area contributed by atoms with E-state index in [-0.39, 0.29) is 11.4 Å². The predicted octanol–water partition coefficient (Wildman–Crippen LogP) is 4.30. The first-order valence-electron chi connectivity index (χ1n) is 9.14. The van der Waals surface area contributed by atoms with Gasteiger partial charge >= 0.3 is 0 Å². The second-order valence-electron chi connectivity index (χ2n) is 6.78. The minimum absolute atomic E-state index is 0.0677. The summed E-state index contributed by atoms with van der Waals surface area (Å²) in [7, 11) is 0. The topological polar surface area (TPSA) is 73.8 Å². The number of amidine groups is 2. The molecule has 0 saturated carbocycles. The number of benzene rings is 1. The number of nitrogens with zero attached hydrogens (tertiary/aromatic N) is 4. The number of hydrogen-bond acceptors (Lipinski definition) is 4. The number of carbonyl (C=O) groups is 1. The monoisotopic (exact) mass is 391 g/mol. The first-order chi connectivity index (χ1) is 13.4. The Labute approximate surface area is 168 Å². The highest BCUT2D eigenvalue weighted by Gasteiger charge is 2.34. The van der Waals surface area contributed by atoms with Gasteiger partial charge in [0.2, 0.25) is 5.17 Å². The van der Waals surface area contributed by atoms with Crippen molar-refractivity contribution in [3.05, 3.63) is 58.4 Å². The largest absolute Gasteiger partial charge is 0.318 e.